The highest BCUT2D eigenvalue weighted by molar-refractivity contribution is 7.19. The van der Waals surface area contributed by atoms with Crippen LogP contribution in [-0.2, 0) is 14.3 Å². The minimum atomic E-state index is -0.848. The molecule has 1 unspecified atom stereocenters. The first-order valence-corrected chi connectivity index (χ1v) is 8.84. The van der Waals surface area contributed by atoms with Crippen molar-refractivity contribution in [2.75, 3.05) is 6.61 Å². The van der Waals surface area contributed by atoms with Gasteiger partial charge in [0, 0.05) is 11.8 Å². The molecule has 1 saturated heterocycles. The quantitative estimate of drug-likeness (QED) is 0.647. The summed E-state index contributed by atoms with van der Waals surface area (Å²) in [5.41, 5.74) is 1.67. The molecule has 3 aromatic rings. The van der Waals surface area contributed by atoms with Crippen LogP contribution in [0.1, 0.15) is 16.8 Å². The molecule has 25 heavy (non-hydrogen) atoms. The smallest absolute Gasteiger partial charge is 0.347 e. The van der Waals surface area contributed by atoms with E-state index >= 15 is 0 Å². The van der Waals surface area contributed by atoms with E-state index in [-0.39, 0.29) is 6.61 Å². The zero-order valence-electron chi connectivity index (χ0n) is 12.9. The lowest BCUT2D eigenvalue weighted by molar-refractivity contribution is -0.145. The number of aromatic nitrogens is 1. The van der Waals surface area contributed by atoms with Crippen LogP contribution in [0.2, 0.25) is 4.34 Å². The number of carbonyl (C=O) groups is 2. The van der Waals surface area contributed by atoms with E-state index in [0.717, 1.165) is 4.88 Å². The van der Waals surface area contributed by atoms with Crippen molar-refractivity contribution in [2.45, 2.75) is 12.5 Å². The fourth-order valence-corrected chi connectivity index (χ4v) is 3.70. The van der Waals surface area contributed by atoms with Crippen molar-refractivity contribution in [3.05, 3.63) is 52.4 Å². The summed E-state index contributed by atoms with van der Waals surface area (Å²) in [5, 5.41) is 0.672. The predicted octanol–water partition coefficient (Wildman–Crippen LogP) is 4.09. The van der Waals surface area contributed by atoms with Gasteiger partial charge in [-0.15, -0.1) is 11.3 Å². The second-order valence-electron chi connectivity index (χ2n) is 5.53. The van der Waals surface area contributed by atoms with Crippen molar-refractivity contribution in [3.8, 4) is 10.6 Å². The van der Waals surface area contributed by atoms with Gasteiger partial charge in [0.25, 0.3) is 0 Å². The predicted molar refractivity (Wildman–Crippen MR) is 94.8 cm³/mol. The largest absolute Gasteiger partial charge is 0.463 e. The highest BCUT2D eigenvalue weighted by Gasteiger charge is 2.31. The number of carbonyl (C=O) groups excluding carboxylic acids is 2. The first-order chi connectivity index (χ1) is 12.1. The molecule has 0 N–H and O–H groups in total. The summed E-state index contributed by atoms with van der Waals surface area (Å²) in [4.78, 5) is 29.7. The van der Waals surface area contributed by atoms with Crippen LogP contribution in [0, 0.1) is 0 Å². The Morgan fingerprint density at radius 2 is 2.12 bits per heavy atom. The van der Waals surface area contributed by atoms with E-state index in [1.165, 1.54) is 11.3 Å². The molecule has 2 aromatic heterocycles. The molecular weight excluding hydrogens is 362 g/mol. The number of fused-ring (bicyclic) bond motifs is 1. The number of nitrogens with zero attached hydrogens (tertiary/aromatic N) is 1. The van der Waals surface area contributed by atoms with Crippen molar-refractivity contribution >= 4 is 45.8 Å². The van der Waals surface area contributed by atoms with Gasteiger partial charge in [0.2, 0.25) is 6.10 Å². The lowest BCUT2D eigenvalue weighted by Crippen LogP contribution is -2.22. The highest BCUT2D eigenvalue weighted by Crippen LogP contribution is 2.32. The first kappa shape index (κ1) is 16.1. The number of benzene rings is 1. The van der Waals surface area contributed by atoms with Gasteiger partial charge in [-0.1, -0.05) is 29.8 Å². The Bertz CT molecular complexity index is 984. The van der Waals surface area contributed by atoms with Crippen molar-refractivity contribution in [1.29, 1.82) is 0 Å². The van der Waals surface area contributed by atoms with Crippen LogP contribution in [0.5, 0.6) is 0 Å². The van der Waals surface area contributed by atoms with Crippen molar-refractivity contribution in [3.63, 3.8) is 0 Å². The molecule has 1 atom stereocenters. The second kappa shape index (κ2) is 6.46. The van der Waals surface area contributed by atoms with Gasteiger partial charge in [-0.05, 0) is 24.3 Å². The minimum absolute atomic E-state index is 0.271. The Balaban J connectivity index is 1.78. The van der Waals surface area contributed by atoms with E-state index in [0.29, 0.717) is 32.9 Å². The molecule has 1 aromatic carbocycles. The summed E-state index contributed by atoms with van der Waals surface area (Å²) in [6.07, 6.45) is -0.472. The Kier molecular flexibility index (Phi) is 4.15. The van der Waals surface area contributed by atoms with E-state index in [2.05, 4.69) is 4.98 Å². The van der Waals surface area contributed by atoms with Gasteiger partial charge in [0.15, 0.2) is 0 Å². The van der Waals surface area contributed by atoms with Crippen molar-refractivity contribution < 1.29 is 19.1 Å². The lowest BCUT2D eigenvalue weighted by atomic mass is 10.1. The molecule has 0 bridgehead atoms. The number of hydrogen-bond acceptors (Lipinski definition) is 6. The third kappa shape index (κ3) is 3.10. The van der Waals surface area contributed by atoms with Crippen LogP contribution in [0.25, 0.3) is 21.5 Å². The van der Waals surface area contributed by atoms with E-state index in [9.17, 15) is 9.59 Å². The number of pyridine rings is 1. The highest BCUT2D eigenvalue weighted by atomic mass is 35.5. The molecule has 0 aliphatic carbocycles. The van der Waals surface area contributed by atoms with Crippen molar-refractivity contribution in [1.82, 2.24) is 4.98 Å². The number of cyclic esters (lactones) is 1. The Labute approximate surface area is 152 Å². The summed E-state index contributed by atoms with van der Waals surface area (Å²) in [6, 6.07) is 12.6. The molecule has 1 fully saturated rings. The number of thiophene rings is 1. The number of rotatable bonds is 3. The fraction of sp³-hybridized carbons (Fsp3) is 0.167. The molecular formula is C18H12ClNO4S. The Hall–Kier alpha value is -2.44. The molecule has 7 heteroatoms. The molecule has 4 rings (SSSR count). The summed E-state index contributed by atoms with van der Waals surface area (Å²) in [7, 11) is 0. The molecule has 1 aliphatic rings. The fourth-order valence-electron chi connectivity index (χ4n) is 2.70. The number of esters is 2. The van der Waals surface area contributed by atoms with Gasteiger partial charge in [0.05, 0.1) is 32.6 Å². The maximum absolute atomic E-state index is 12.7. The van der Waals surface area contributed by atoms with E-state index in [1.807, 2.05) is 24.3 Å². The van der Waals surface area contributed by atoms with E-state index in [4.69, 9.17) is 21.1 Å². The van der Waals surface area contributed by atoms with E-state index in [1.54, 1.807) is 18.2 Å². The Morgan fingerprint density at radius 1 is 1.28 bits per heavy atom. The van der Waals surface area contributed by atoms with Gasteiger partial charge in [-0.2, -0.15) is 0 Å². The van der Waals surface area contributed by atoms with Gasteiger partial charge in [-0.25, -0.2) is 14.6 Å². The maximum atomic E-state index is 12.7. The van der Waals surface area contributed by atoms with Gasteiger partial charge in [0.1, 0.15) is 0 Å². The van der Waals surface area contributed by atoms with Crippen LogP contribution >= 0.6 is 22.9 Å². The summed E-state index contributed by atoms with van der Waals surface area (Å²) in [6.45, 7) is 0.271. The Morgan fingerprint density at radius 3 is 2.84 bits per heavy atom. The third-order valence-corrected chi connectivity index (χ3v) is 5.15. The SMILES string of the molecule is O=C(OC1CCOC1=O)c1cc(-c2ccc(Cl)s2)nc2ccccc12. The number of para-hydroxylation sites is 1. The normalized spacial score (nSPS) is 16.8. The average Bonchev–Trinajstić information content (AvgIpc) is 3.22. The zero-order valence-corrected chi connectivity index (χ0v) is 14.5. The minimum Gasteiger partial charge on any atom is -0.463 e. The summed E-state index contributed by atoms with van der Waals surface area (Å²) < 4.78 is 10.8. The molecule has 0 radical (unpaired) electrons. The van der Waals surface area contributed by atoms with Gasteiger partial charge in [-0.3, -0.25) is 0 Å². The number of ether oxygens (including phenoxy) is 2. The number of halogens is 1. The number of hydrogen-bond donors (Lipinski definition) is 0. The topological polar surface area (TPSA) is 65.5 Å². The van der Waals surface area contributed by atoms with Crippen LogP contribution < -0.4 is 0 Å². The van der Waals surface area contributed by atoms with Crippen LogP contribution in [0.3, 0.4) is 0 Å². The second-order valence-corrected chi connectivity index (χ2v) is 7.24. The molecule has 0 saturated carbocycles. The summed E-state index contributed by atoms with van der Waals surface area (Å²) in [5.74, 6) is -1.07. The molecule has 126 valence electrons. The standard InChI is InChI=1S/C18H12ClNO4S/c19-16-6-5-15(25-16)13-9-11(10-3-1-2-4-12(10)20-13)17(21)24-14-7-8-23-18(14)22/h1-6,9,14H,7-8H2. The van der Waals surface area contributed by atoms with Gasteiger partial charge >= 0.3 is 11.9 Å². The molecule has 0 spiro atoms. The van der Waals surface area contributed by atoms with E-state index < -0.39 is 18.0 Å². The molecule has 5 nitrogen and oxygen atoms in total. The molecule has 0 amide bonds. The monoisotopic (exact) mass is 373 g/mol. The van der Waals surface area contributed by atoms with Crippen LogP contribution in [0.15, 0.2) is 42.5 Å². The van der Waals surface area contributed by atoms with Crippen LogP contribution in [-0.4, -0.2) is 29.6 Å². The average molecular weight is 374 g/mol. The third-order valence-electron chi connectivity index (χ3n) is 3.90. The summed E-state index contributed by atoms with van der Waals surface area (Å²) >= 11 is 7.39. The van der Waals surface area contributed by atoms with Crippen molar-refractivity contribution in [2.24, 2.45) is 0 Å². The lowest BCUT2D eigenvalue weighted by Gasteiger charge is -2.11. The van der Waals surface area contributed by atoms with Crippen LogP contribution in [0.4, 0.5) is 0 Å². The first-order valence-electron chi connectivity index (χ1n) is 7.65. The molecule has 3 heterocycles. The zero-order chi connectivity index (χ0) is 17.4. The maximum Gasteiger partial charge on any atom is 0.347 e. The van der Waals surface area contributed by atoms with Gasteiger partial charge < -0.3 is 9.47 Å². The molecule has 1 aliphatic heterocycles.